The van der Waals surface area contributed by atoms with E-state index in [0.29, 0.717) is 12.2 Å². The molecule has 0 aliphatic carbocycles. The highest BCUT2D eigenvalue weighted by Crippen LogP contribution is 2.13. The Morgan fingerprint density at radius 2 is 2.38 bits per heavy atom. The maximum atomic E-state index is 11.0. The van der Waals surface area contributed by atoms with Crippen molar-refractivity contribution in [3.05, 3.63) is 51.6 Å². The topological polar surface area (TPSA) is 55.1 Å². The Morgan fingerprint density at radius 3 is 3.00 bits per heavy atom. The van der Waals surface area contributed by atoms with Crippen LogP contribution in [0.3, 0.4) is 0 Å². The second kappa shape index (κ2) is 4.65. The predicted octanol–water partition coefficient (Wildman–Crippen LogP) is 2.23. The average molecular weight is 328 g/mol. The number of carboxylic acids is 1. The molecule has 4 nitrogen and oxygen atoms in total. The number of pyridine rings is 1. The number of carbonyl (C=O) groups is 1. The van der Waals surface area contributed by atoms with Gasteiger partial charge in [-0.25, -0.2) is 4.79 Å². The van der Waals surface area contributed by atoms with Gasteiger partial charge in [0.15, 0.2) is 0 Å². The Bertz CT molecular complexity index is 508. The molecule has 82 valence electrons. The first-order chi connectivity index (χ1) is 7.66. The third kappa shape index (κ3) is 2.41. The van der Waals surface area contributed by atoms with Gasteiger partial charge in [-0.1, -0.05) is 6.07 Å². The molecule has 0 bridgehead atoms. The first kappa shape index (κ1) is 11.1. The summed E-state index contributed by atoms with van der Waals surface area (Å²) in [6.45, 7) is 0.526. The van der Waals surface area contributed by atoms with Crippen molar-refractivity contribution in [1.82, 2.24) is 9.55 Å². The van der Waals surface area contributed by atoms with Crippen LogP contribution in [0.25, 0.3) is 0 Å². The molecule has 0 aromatic carbocycles. The van der Waals surface area contributed by atoms with Crippen molar-refractivity contribution in [2.75, 3.05) is 0 Å². The summed E-state index contributed by atoms with van der Waals surface area (Å²) in [7, 11) is 0. The fraction of sp³-hybridized carbons (Fsp3) is 0.0909. The molecule has 0 fully saturated rings. The minimum absolute atomic E-state index is 0.299. The number of rotatable bonds is 3. The van der Waals surface area contributed by atoms with Crippen LogP contribution in [0.2, 0.25) is 0 Å². The van der Waals surface area contributed by atoms with Crippen LogP contribution in [0.4, 0.5) is 0 Å². The molecule has 0 radical (unpaired) electrons. The van der Waals surface area contributed by atoms with Crippen molar-refractivity contribution in [3.8, 4) is 0 Å². The molecule has 0 saturated carbocycles. The number of hydrogen-bond donors (Lipinski definition) is 1. The van der Waals surface area contributed by atoms with Crippen LogP contribution in [-0.2, 0) is 6.54 Å². The van der Waals surface area contributed by atoms with E-state index >= 15 is 0 Å². The van der Waals surface area contributed by atoms with Gasteiger partial charge < -0.3 is 9.67 Å². The molecule has 2 heterocycles. The number of aromatic nitrogens is 2. The molecule has 1 N–H and O–H groups in total. The van der Waals surface area contributed by atoms with Gasteiger partial charge in [0, 0.05) is 28.7 Å². The minimum Gasteiger partial charge on any atom is -0.477 e. The zero-order valence-electron chi connectivity index (χ0n) is 8.30. The summed E-state index contributed by atoms with van der Waals surface area (Å²) in [5, 5.41) is 9.02. The molecule has 0 unspecified atom stereocenters. The molecular formula is C11H9IN2O2. The van der Waals surface area contributed by atoms with Gasteiger partial charge in [0.2, 0.25) is 0 Å². The molecule has 0 spiro atoms. The number of nitrogens with zero attached hydrogens (tertiary/aromatic N) is 2. The molecule has 16 heavy (non-hydrogen) atoms. The van der Waals surface area contributed by atoms with Gasteiger partial charge in [-0.3, -0.25) is 4.98 Å². The third-order valence-corrected chi connectivity index (χ3v) is 2.75. The highest BCUT2D eigenvalue weighted by Gasteiger charge is 2.11. The van der Waals surface area contributed by atoms with Crippen LogP contribution in [0.1, 0.15) is 16.1 Å². The summed E-state index contributed by atoms with van der Waals surface area (Å²) in [6, 6.07) is 5.41. The maximum absolute atomic E-state index is 11.0. The van der Waals surface area contributed by atoms with Crippen LogP contribution in [0, 0.1) is 3.57 Å². The third-order valence-electron chi connectivity index (χ3n) is 2.16. The molecule has 0 aliphatic heterocycles. The van der Waals surface area contributed by atoms with E-state index in [-0.39, 0.29) is 0 Å². The first-order valence-electron chi connectivity index (χ1n) is 4.64. The summed E-state index contributed by atoms with van der Waals surface area (Å²) in [4.78, 5) is 15.0. The van der Waals surface area contributed by atoms with E-state index in [1.807, 2.05) is 18.3 Å². The van der Waals surface area contributed by atoms with Crippen molar-refractivity contribution in [2.24, 2.45) is 0 Å². The summed E-state index contributed by atoms with van der Waals surface area (Å²) >= 11 is 2.10. The maximum Gasteiger partial charge on any atom is 0.352 e. The number of halogens is 1. The molecule has 0 atom stereocenters. The zero-order chi connectivity index (χ0) is 11.5. The Morgan fingerprint density at radius 1 is 1.56 bits per heavy atom. The van der Waals surface area contributed by atoms with E-state index in [9.17, 15) is 4.79 Å². The Labute approximate surface area is 106 Å². The lowest BCUT2D eigenvalue weighted by Crippen LogP contribution is -2.08. The predicted molar refractivity (Wildman–Crippen MR) is 67.4 cm³/mol. The molecular weight excluding hydrogens is 319 g/mol. The van der Waals surface area contributed by atoms with E-state index in [4.69, 9.17) is 5.11 Å². The standard InChI is InChI=1S/C11H9IN2O2/c12-9-4-10(11(15)16)14(7-9)6-8-2-1-3-13-5-8/h1-5,7H,6H2,(H,15,16). The summed E-state index contributed by atoms with van der Waals surface area (Å²) < 4.78 is 2.63. The lowest BCUT2D eigenvalue weighted by molar-refractivity contribution is 0.0685. The van der Waals surface area contributed by atoms with E-state index in [1.165, 1.54) is 0 Å². The second-order valence-electron chi connectivity index (χ2n) is 3.34. The van der Waals surface area contributed by atoms with Gasteiger partial charge in [-0.05, 0) is 40.3 Å². The van der Waals surface area contributed by atoms with E-state index in [0.717, 1.165) is 9.13 Å². The van der Waals surface area contributed by atoms with Crippen LogP contribution < -0.4 is 0 Å². The van der Waals surface area contributed by atoms with Gasteiger partial charge >= 0.3 is 5.97 Å². The van der Waals surface area contributed by atoms with Gasteiger partial charge in [-0.15, -0.1) is 0 Å². The molecule has 2 rings (SSSR count). The normalized spacial score (nSPS) is 10.3. The van der Waals surface area contributed by atoms with Crippen molar-refractivity contribution < 1.29 is 9.90 Å². The summed E-state index contributed by atoms with van der Waals surface area (Å²) in [5.74, 6) is -0.910. The lowest BCUT2D eigenvalue weighted by atomic mass is 10.3. The lowest BCUT2D eigenvalue weighted by Gasteiger charge is -2.05. The van der Waals surface area contributed by atoms with Crippen molar-refractivity contribution in [1.29, 1.82) is 0 Å². The van der Waals surface area contributed by atoms with Crippen molar-refractivity contribution >= 4 is 28.6 Å². The Kier molecular flexibility index (Phi) is 3.23. The average Bonchev–Trinajstić information content (AvgIpc) is 2.61. The van der Waals surface area contributed by atoms with Crippen molar-refractivity contribution in [3.63, 3.8) is 0 Å². The smallest absolute Gasteiger partial charge is 0.352 e. The zero-order valence-corrected chi connectivity index (χ0v) is 10.5. The highest BCUT2D eigenvalue weighted by molar-refractivity contribution is 14.1. The van der Waals surface area contributed by atoms with Gasteiger partial charge in [0.05, 0.1) is 0 Å². The molecule has 2 aromatic heterocycles. The van der Waals surface area contributed by atoms with Crippen LogP contribution in [0.15, 0.2) is 36.8 Å². The van der Waals surface area contributed by atoms with E-state index < -0.39 is 5.97 Å². The number of carboxylic acid groups (broad SMARTS) is 1. The number of hydrogen-bond acceptors (Lipinski definition) is 2. The summed E-state index contributed by atoms with van der Waals surface area (Å²) in [6.07, 6.45) is 5.25. The SMILES string of the molecule is O=C(O)c1cc(I)cn1Cc1cccnc1. The highest BCUT2D eigenvalue weighted by atomic mass is 127. The van der Waals surface area contributed by atoms with Crippen molar-refractivity contribution in [2.45, 2.75) is 6.54 Å². The molecule has 0 saturated heterocycles. The second-order valence-corrected chi connectivity index (χ2v) is 4.58. The molecule has 0 aliphatic rings. The van der Waals surface area contributed by atoms with Gasteiger partial charge in [0.1, 0.15) is 5.69 Å². The Balaban J connectivity index is 2.31. The number of aromatic carboxylic acids is 1. The quantitative estimate of drug-likeness (QED) is 0.879. The fourth-order valence-electron chi connectivity index (χ4n) is 1.47. The monoisotopic (exact) mass is 328 g/mol. The Hall–Kier alpha value is -1.37. The fourth-order valence-corrected chi connectivity index (χ4v) is 2.10. The van der Waals surface area contributed by atoms with E-state index in [2.05, 4.69) is 27.6 Å². The molecule has 2 aromatic rings. The van der Waals surface area contributed by atoms with Crippen LogP contribution in [0.5, 0.6) is 0 Å². The van der Waals surface area contributed by atoms with E-state index in [1.54, 1.807) is 23.0 Å². The van der Waals surface area contributed by atoms with Crippen LogP contribution in [-0.4, -0.2) is 20.6 Å². The molecule has 0 amide bonds. The summed E-state index contributed by atoms with van der Waals surface area (Å²) in [5.41, 5.74) is 1.28. The van der Waals surface area contributed by atoms with Crippen LogP contribution >= 0.6 is 22.6 Å². The molecule has 5 heteroatoms. The largest absolute Gasteiger partial charge is 0.477 e. The minimum atomic E-state index is -0.910. The first-order valence-corrected chi connectivity index (χ1v) is 5.72. The van der Waals surface area contributed by atoms with Gasteiger partial charge in [0.25, 0.3) is 0 Å². The van der Waals surface area contributed by atoms with Gasteiger partial charge in [-0.2, -0.15) is 0 Å².